The van der Waals surface area contributed by atoms with Gasteiger partial charge in [-0.15, -0.1) is 0 Å². The molecule has 0 aromatic heterocycles. The number of thioether (sulfide) groups is 1. The van der Waals surface area contributed by atoms with Crippen molar-refractivity contribution in [2.45, 2.75) is 26.3 Å². The minimum atomic E-state index is -0.187. The van der Waals surface area contributed by atoms with E-state index < -0.39 is 0 Å². The molecule has 2 rings (SSSR count). The van der Waals surface area contributed by atoms with Crippen LogP contribution in [0.4, 0.5) is 10.1 Å². The van der Waals surface area contributed by atoms with E-state index in [-0.39, 0.29) is 11.4 Å². The van der Waals surface area contributed by atoms with E-state index in [1.54, 1.807) is 24.8 Å². The number of rotatable bonds is 1. The van der Waals surface area contributed by atoms with Crippen molar-refractivity contribution in [3.8, 4) is 0 Å². The first-order valence-corrected chi connectivity index (χ1v) is 6.21. The maximum atomic E-state index is 13.3. The van der Waals surface area contributed by atoms with Crippen LogP contribution in [0.3, 0.4) is 0 Å². The van der Waals surface area contributed by atoms with Crippen LogP contribution in [0.25, 0.3) is 0 Å². The molecule has 0 spiro atoms. The summed E-state index contributed by atoms with van der Waals surface area (Å²) in [7, 11) is 0. The Labute approximate surface area is 99.3 Å². The molecule has 1 aliphatic heterocycles. The Hall–Kier alpha value is -1.03. The summed E-state index contributed by atoms with van der Waals surface area (Å²) in [5.41, 5.74) is 1.41. The average Bonchev–Trinajstić information content (AvgIpc) is 2.53. The van der Waals surface area contributed by atoms with Gasteiger partial charge in [-0.1, -0.05) is 17.8 Å². The van der Waals surface area contributed by atoms with Crippen molar-refractivity contribution < 1.29 is 4.39 Å². The van der Waals surface area contributed by atoms with Gasteiger partial charge in [0.2, 0.25) is 0 Å². The molecular weight excluding hydrogens is 223 g/mol. The molecule has 0 amide bonds. The van der Waals surface area contributed by atoms with Crippen molar-refractivity contribution in [2.24, 2.45) is 4.99 Å². The fraction of sp³-hybridized carbons (Fsp3) is 0.417. The summed E-state index contributed by atoms with van der Waals surface area (Å²) in [6, 6.07) is 5.04. The third-order valence-electron chi connectivity index (χ3n) is 2.48. The molecule has 0 saturated heterocycles. The van der Waals surface area contributed by atoms with Gasteiger partial charge in [0.05, 0.1) is 5.54 Å². The number of hydrogen-bond donors (Lipinski definition) is 1. The monoisotopic (exact) mass is 238 g/mol. The van der Waals surface area contributed by atoms with E-state index in [4.69, 9.17) is 0 Å². The maximum Gasteiger partial charge on any atom is 0.161 e. The molecule has 2 nitrogen and oxygen atoms in total. The zero-order chi connectivity index (χ0) is 11.8. The van der Waals surface area contributed by atoms with Crippen LogP contribution >= 0.6 is 11.8 Å². The first kappa shape index (κ1) is 11.5. The molecule has 0 saturated carbocycles. The second-order valence-corrected chi connectivity index (χ2v) is 5.52. The molecule has 16 heavy (non-hydrogen) atoms. The molecule has 1 aromatic rings. The van der Waals surface area contributed by atoms with Crippen LogP contribution in [0.15, 0.2) is 23.2 Å². The predicted molar refractivity (Wildman–Crippen MR) is 68.7 cm³/mol. The molecular formula is C12H15FN2S. The summed E-state index contributed by atoms with van der Waals surface area (Å²) in [5.74, 6) is 0.775. The quantitative estimate of drug-likeness (QED) is 0.810. The predicted octanol–water partition coefficient (Wildman–Crippen LogP) is 3.43. The summed E-state index contributed by atoms with van der Waals surface area (Å²) in [4.78, 5) is 4.53. The van der Waals surface area contributed by atoms with Gasteiger partial charge in [-0.2, -0.15) is 0 Å². The lowest BCUT2D eigenvalue weighted by Gasteiger charge is -2.10. The molecule has 1 aromatic carbocycles. The van der Waals surface area contributed by atoms with Crippen LogP contribution in [-0.2, 0) is 0 Å². The number of benzene rings is 1. The van der Waals surface area contributed by atoms with E-state index in [9.17, 15) is 4.39 Å². The van der Waals surface area contributed by atoms with Crippen molar-refractivity contribution in [2.75, 3.05) is 11.1 Å². The first-order valence-electron chi connectivity index (χ1n) is 5.23. The molecule has 0 radical (unpaired) electrons. The zero-order valence-corrected chi connectivity index (χ0v) is 10.5. The van der Waals surface area contributed by atoms with Gasteiger partial charge in [0.25, 0.3) is 0 Å². The summed E-state index contributed by atoms with van der Waals surface area (Å²) in [6.07, 6.45) is 0. The van der Waals surface area contributed by atoms with E-state index in [0.717, 1.165) is 16.6 Å². The topological polar surface area (TPSA) is 24.4 Å². The van der Waals surface area contributed by atoms with Crippen molar-refractivity contribution >= 4 is 22.6 Å². The minimum Gasteiger partial charge on any atom is -0.335 e. The molecule has 1 heterocycles. The van der Waals surface area contributed by atoms with Crippen LogP contribution < -0.4 is 5.32 Å². The molecule has 0 fully saturated rings. The number of nitrogens with zero attached hydrogens (tertiary/aromatic N) is 1. The SMILES string of the molecule is Cc1c(F)cccc1NC1=NC(C)(C)CS1. The van der Waals surface area contributed by atoms with Crippen LogP contribution in [0.2, 0.25) is 0 Å². The molecule has 0 atom stereocenters. The Morgan fingerprint density at radius 1 is 1.44 bits per heavy atom. The smallest absolute Gasteiger partial charge is 0.161 e. The standard InChI is InChI=1S/C12H15FN2S/c1-8-9(13)5-4-6-10(8)14-11-15-12(2,3)7-16-11/h4-6H,7H2,1-3H3,(H,14,15). The number of anilines is 1. The fourth-order valence-corrected chi connectivity index (χ4v) is 2.55. The molecule has 1 aliphatic rings. The Kier molecular flexibility index (Phi) is 2.93. The Balaban J connectivity index is 2.20. The number of nitrogens with one attached hydrogen (secondary N) is 1. The molecule has 0 bridgehead atoms. The van der Waals surface area contributed by atoms with Gasteiger partial charge < -0.3 is 5.32 Å². The molecule has 0 unspecified atom stereocenters. The Morgan fingerprint density at radius 3 is 2.81 bits per heavy atom. The minimum absolute atomic E-state index is 0.0196. The van der Waals surface area contributed by atoms with Gasteiger partial charge in [-0.3, -0.25) is 4.99 Å². The maximum absolute atomic E-state index is 13.3. The van der Waals surface area contributed by atoms with E-state index in [0.29, 0.717) is 5.56 Å². The highest BCUT2D eigenvalue weighted by Crippen LogP contribution is 2.28. The van der Waals surface area contributed by atoms with E-state index in [1.807, 2.05) is 6.07 Å². The molecule has 86 valence electrons. The highest BCUT2D eigenvalue weighted by Gasteiger charge is 2.25. The van der Waals surface area contributed by atoms with Gasteiger partial charge in [0.1, 0.15) is 5.82 Å². The number of amidine groups is 1. The summed E-state index contributed by atoms with van der Waals surface area (Å²) in [6.45, 7) is 5.95. The largest absolute Gasteiger partial charge is 0.335 e. The highest BCUT2D eigenvalue weighted by molar-refractivity contribution is 8.14. The van der Waals surface area contributed by atoms with Gasteiger partial charge in [0.15, 0.2) is 5.17 Å². The van der Waals surface area contributed by atoms with Gasteiger partial charge in [-0.05, 0) is 32.9 Å². The first-order chi connectivity index (χ1) is 7.48. The number of hydrogen-bond acceptors (Lipinski definition) is 3. The van der Waals surface area contributed by atoms with Crippen molar-refractivity contribution in [1.82, 2.24) is 0 Å². The average molecular weight is 238 g/mol. The van der Waals surface area contributed by atoms with E-state index in [2.05, 4.69) is 24.2 Å². The lowest BCUT2D eigenvalue weighted by Crippen LogP contribution is -2.15. The van der Waals surface area contributed by atoms with Gasteiger partial charge >= 0.3 is 0 Å². The molecule has 4 heteroatoms. The fourth-order valence-electron chi connectivity index (χ4n) is 1.51. The number of halogens is 1. The third kappa shape index (κ3) is 2.38. The van der Waals surface area contributed by atoms with Crippen LogP contribution in [0.1, 0.15) is 19.4 Å². The third-order valence-corrected chi connectivity index (χ3v) is 3.79. The number of aliphatic imine (C=N–C) groups is 1. The lowest BCUT2D eigenvalue weighted by atomic mass is 10.1. The van der Waals surface area contributed by atoms with Gasteiger partial charge in [-0.25, -0.2) is 4.39 Å². The van der Waals surface area contributed by atoms with Crippen molar-refractivity contribution in [3.63, 3.8) is 0 Å². The summed E-state index contributed by atoms with van der Waals surface area (Å²) < 4.78 is 13.3. The zero-order valence-electron chi connectivity index (χ0n) is 9.67. The Morgan fingerprint density at radius 2 is 2.19 bits per heavy atom. The van der Waals surface area contributed by atoms with Crippen molar-refractivity contribution in [1.29, 1.82) is 0 Å². The van der Waals surface area contributed by atoms with Gasteiger partial charge in [0, 0.05) is 17.0 Å². The van der Waals surface area contributed by atoms with Crippen LogP contribution in [0, 0.1) is 12.7 Å². The summed E-state index contributed by atoms with van der Waals surface area (Å²) in [5, 5.41) is 4.05. The highest BCUT2D eigenvalue weighted by atomic mass is 32.2. The van der Waals surface area contributed by atoms with Crippen molar-refractivity contribution in [3.05, 3.63) is 29.6 Å². The van der Waals surface area contributed by atoms with E-state index in [1.165, 1.54) is 6.07 Å². The molecule has 1 N–H and O–H groups in total. The second-order valence-electron chi connectivity index (χ2n) is 4.56. The molecule has 0 aliphatic carbocycles. The van der Waals surface area contributed by atoms with Crippen LogP contribution in [-0.4, -0.2) is 16.5 Å². The summed E-state index contributed by atoms with van der Waals surface area (Å²) >= 11 is 1.68. The second kappa shape index (κ2) is 4.09. The normalized spacial score (nSPS) is 18.4. The Bertz CT molecular complexity index is 441. The van der Waals surface area contributed by atoms with Crippen LogP contribution in [0.5, 0.6) is 0 Å². The lowest BCUT2D eigenvalue weighted by molar-refractivity contribution is 0.605. The van der Waals surface area contributed by atoms with E-state index >= 15 is 0 Å².